The predicted octanol–water partition coefficient (Wildman–Crippen LogP) is 20.4. The van der Waals surface area contributed by atoms with Crippen molar-refractivity contribution in [3.63, 3.8) is 0 Å². The van der Waals surface area contributed by atoms with Gasteiger partial charge in [-0.25, -0.2) is 0 Å². The van der Waals surface area contributed by atoms with Crippen LogP contribution in [0.2, 0.25) is 99.7 Å². The molecule has 0 saturated heterocycles. The van der Waals surface area contributed by atoms with E-state index in [1.165, 1.54) is 0 Å². The molecule has 0 heterocycles. The van der Waals surface area contributed by atoms with Gasteiger partial charge in [0.25, 0.3) is 0 Å². The predicted molar refractivity (Wildman–Crippen MR) is 335 cm³/mol. The summed E-state index contributed by atoms with van der Waals surface area (Å²) in [5.74, 6) is 0. The van der Waals surface area contributed by atoms with E-state index < -0.39 is 0 Å². The van der Waals surface area contributed by atoms with Crippen LogP contribution in [-0.4, -0.2) is 172 Å². The van der Waals surface area contributed by atoms with Gasteiger partial charge in [0.05, 0.1) is 52.8 Å². The first kappa shape index (κ1) is 96.0. The van der Waals surface area contributed by atoms with Crippen molar-refractivity contribution in [1.82, 2.24) is 0 Å². The van der Waals surface area contributed by atoms with E-state index in [9.17, 15) is 0 Å². The van der Waals surface area contributed by atoms with Gasteiger partial charge >= 0.3 is 0 Å². The van der Waals surface area contributed by atoms with Crippen LogP contribution in [0.1, 0.15) is 249 Å². The molecule has 0 unspecified atom stereocenters. The van der Waals surface area contributed by atoms with Crippen molar-refractivity contribution >= 4 is 172 Å². The fourth-order valence-electron chi connectivity index (χ4n) is 6.75. The SMILES string of the molecule is C[Si](C(C)(C)C)C(C)(C)C.C[Si](C(C)(C)C)C(C)(C)C.C[Si](C(C)(C)C)C(C)(C)C.C[Si](C(C)(C)C)C(C)(C)C.C[Si](C(C)(C)C)C(C)(C)C.C[Si](C(C)(C)C)C(C)(C)C.[Sn].[Sn].[Sn].[Sn].[Sn]. The summed E-state index contributed by atoms with van der Waals surface area (Å²) in [7, 11) is -1.32. The van der Waals surface area contributed by atoms with Crippen LogP contribution in [0.15, 0.2) is 0 Å². The molecule has 386 valence electrons. The molecule has 0 rings (SSSR count). The fourth-order valence-corrected chi connectivity index (χ4v) is 20.2. The van der Waals surface area contributed by atoms with Gasteiger partial charge in [0, 0.05) is 120 Å². The zero-order chi connectivity index (χ0) is 51.5. The van der Waals surface area contributed by atoms with E-state index in [1.54, 1.807) is 0 Å². The van der Waals surface area contributed by atoms with Gasteiger partial charge in [-0.3, -0.25) is 0 Å². The summed E-state index contributed by atoms with van der Waals surface area (Å²) < 4.78 is 0. The van der Waals surface area contributed by atoms with Crippen molar-refractivity contribution < 1.29 is 0 Å². The Morgan fingerprint density at radius 2 is 0.154 bits per heavy atom. The van der Waals surface area contributed by atoms with Crippen LogP contribution in [-0.2, 0) is 0 Å². The Bertz CT molecular complexity index is 791. The molecule has 11 heteroatoms. The quantitative estimate of drug-likeness (QED) is 0.212. The van der Waals surface area contributed by atoms with Crippen LogP contribution in [0.5, 0.6) is 0 Å². The van der Waals surface area contributed by atoms with E-state index in [1.807, 2.05) is 0 Å². The molecule has 0 fully saturated rings. The molecule has 0 aliphatic rings. The van der Waals surface area contributed by atoms with Crippen molar-refractivity contribution in [3.8, 4) is 0 Å². The third-order valence-corrected chi connectivity index (χ3v) is 40.5. The number of hydrogen-bond donors (Lipinski definition) is 0. The standard InChI is InChI=1S/6C9H21Si.5Sn/c6*1-8(2,3)10(7)9(4,5)6;;;;;/h6*1-7H3;;;;;. The second kappa shape index (κ2) is 35.6. The first-order valence-corrected chi connectivity index (χ1v) is 36.0. The van der Waals surface area contributed by atoms with E-state index >= 15 is 0 Å². The van der Waals surface area contributed by atoms with E-state index in [0.29, 0.717) is 60.5 Å². The topological polar surface area (TPSA) is 0 Å². The molecule has 0 atom stereocenters. The molecule has 0 spiro atoms. The van der Waals surface area contributed by atoms with Crippen LogP contribution < -0.4 is 0 Å². The Morgan fingerprint density at radius 3 is 0.154 bits per heavy atom. The second-order valence-corrected chi connectivity index (χ2v) is 56.2. The Labute approximate surface area is 514 Å². The Hall–Kier alpha value is 5.29. The smallest absolute Gasteiger partial charge is 0.0561 e. The van der Waals surface area contributed by atoms with E-state index in [-0.39, 0.29) is 172 Å². The average molecular weight is 1540 g/mol. The largest absolute Gasteiger partial charge is 0.0703 e. The molecule has 0 aromatic heterocycles. The molecule has 0 N–H and O–H groups in total. The van der Waals surface area contributed by atoms with Crippen LogP contribution in [0, 0.1) is 0 Å². The normalized spacial score (nSPS) is 13.3. The molecule has 0 aromatic rings. The van der Waals surface area contributed by atoms with Crippen LogP contribution in [0.4, 0.5) is 0 Å². The molecule has 0 bridgehead atoms. The van der Waals surface area contributed by atoms with Gasteiger partial charge in [-0.05, 0) is 60.5 Å². The molecule has 0 aliphatic carbocycles. The first-order chi connectivity index (χ1) is 24.9. The third kappa shape index (κ3) is 52.5. The molecule has 0 aromatic carbocycles. The van der Waals surface area contributed by atoms with Crippen molar-refractivity contribution in [3.05, 3.63) is 0 Å². The molecule has 26 radical (unpaired) electrons. The Morgan fingerprint density at radius 1 is 0.123 bits per heavy atom. The Balaban J connectivity index is -0.0000000589. The maximum atomic E-state index is 2.44. The molecule has 65 heavy (non-hydrogen) atoms. The Kier molecular flexibility index (Phi) is 52.6. The van der Waals surface area contributed by atoms with E-state index in [2.05, 4.69) is 289 Å². The fraction of sp³-hybridized carbons (Fsp3) is 1.00. The monoisotopic (exact) mass is 1540 g/mol. The maximum absolute atomic E-state index is 2.44. The zero-order valence-corrected chi connectivity index (χ0v) is 73.8. The van der Waals surface area contributed by atoms with Gasteiger partial charge in [0.15, 0.2) is 0 Å². The summed E-state index contributed by atoms with van der Waals surface area (Å²) in [4.78, 5) is 0. The van der Waals surface area contributed by atoms with Crippen molar-refractivity contribution in [2.45, 2.75) is 349 Å². The van der Waals surface area contributed by atoms with Gasteiger partial charge in [0.1, 0.15) is 0 Å². The zero-order valence-electron chi connectivity index (χ0n) is 53.5. The van der Waals surface area contributed by atoms with Gasteiger partial charge in [-0.1, -0.05) is 289 Å². The molecule has 0 aliphatic heterocycles. The van der Waals surface area contributed by atoms with E-state index in [4.69, 9.17) is 0 Å². The van der Waals surface area contributed by atoms with E-state index in [0.717, 1.165) is 0 Å². The van der Waals surface area contributed by atoms with Gasteiger partial charge in [-0.15, -0.1) is 0 Å². The molecular formula is C54H126Si6Sn5. The molecule has 0 nitrogen and oxygen atoms in total. The van der Waals surface area contributed by atoms with Crippen molar-refractivity contribution in [2.75, 3.05) is 0 Å². The minimum absolute atomic E-state index is 0. The molecule has 0 saturated carbocycles. The second-order valence-electron chi connectivity index (χ2n) is 30.8. The minimum Gasteiger partial charge on any atom is -0.0703 e. The summed E-state index contributed by atoms with van der Waals surface area (Å²) in [6.45, 7) is 99.3. The third-order valence-electron chi connectivity index (χ3n) is 13.5. The summed E-state index contributed by atoms with van der Waals surface area (Å²) >= 11 is 0. The summed E-state index contributed by atoms with van der Waals surface area (Å²) in [6.07, 6.45) is 0. The minimum atomic E-state index is -0.221. The summed E-state index contributed by atoms with van der Waals surface area (Å²) in [5.41, 5.74) is 0. The summed E-state index contributed by atoms with van der Waals surface area (Å²) in [6, 6.07) is 0. The van der Waals surface area contributed by atoms with Crippen molar-refractivity contribution in [1.29, 1.82) is 0 Å². The van der Waals surface area contributed by atoms with Crippen LogP contribution in [0.25, 0.3) is 0 Å². The van der Waals surface area contributed by atoms with Crippen molar-refractivity contribution in [2.24, 2.45) is 0 Å². The van der Waals surface area contributed by atoms with Crippen LogP contribution >= 0.6 is 0 Å². The van der Waals surface area contributed by atoms with Gasteiger partial charge in [-0.2, -0.15) is 0 Å². The van der Waals surface area contributed by atoms with Gasteiger partial charge < -0.3 is 0 Å². The summed E-state index contributed by atoms with van der Waals surface area (Å²) in [5, 5.41) is 6.53. The molecule has 0 amide bonds. The molecular weight excluding hydrogens is 1410 g/mol. The maximum Gasteiger partial charge on any atom is 0.0561 e. The first-order valence-electron chi connectivity index (χ1n) is 24.0. The van der Waals surface area contributed by atoms with Crippen LogP contribution in [0.3, 0.4) is 0 Å². The van der Waals surface area contributed by atoms with Gasteiger partial charge in [0.2, 0.25) is 0 Å². The number of hydrogen-bond acceptors (Lipinski definition) is 0. The average Bonchev–Trinajstić information content (AvgIpc) is 2.90. The number of rotatable bonds is 0.